The third-order valence-corrected chi connectivity index (χ3v) is 4.77. The summed E-state index contributed by atoms with van der Waals surface area (Å²) in [6.45, 7) is 2.07. The fourth-order valence-electron chi connectivity index (χ4n) is 2.36. The second kappa shape index (κ2) is 7.55. The van der Waals surface area contributed by atoms with Gasteiger partial charge in [0.05, 0.1) is 6.04 Å². The van der Waals surface area contributed by atoms with Gasteiger partial charge in [0.25, 0.3) is 0 Å². The van der Waals surface area contributed by atoms with E-state index in [0.29, 0.717) is 5.11 Å². The second-order valence-corrected chi connectivity index (χ2v) is 6.85. The number of halogens is 1. The summed E-state index contributed by atoms with van der Waals surface area (Å²) in [5, 5.41) is 9.01. The van der Waals surface area contributed by atoms with Crippen LogP contribution in [0.4, 0.5) is 10.1 Å². The van der Waals surface area contributed by atoms with Gasteiger partial charge >= 0.3 is 0 Å². The largest absolute Gasteiger partial charge is 0.351 e. The van der Waals surface area contributed by atoms with E-state index >= 15 is 0 Å². The Bertz CT molecular complexity index is 796. The Balaban J connectivity index is 1.77. The van der Waals surface area contributed by atoms with Crippen LogP contribution in [0.3, 0.4) is 0 Å². The summed E-state index contributed by atoms with van der Waals surface area (Å²) in [6, 6.07) is 18.6. The molecule has 0 bridgehead atoms. The zero-order valence-corrected chi connectivity index (χ0v) is 14.8. The first-order valence-electron chi connectivity index (χ1n) is 7.55. The van der Waals surface area contributed by atoms with Crippen molar-refractivity contribution in [3.63, 3.8) is 0 Å². The molecule has 0 radical (unpaired) electrons. The smallest absolute Gasteiger partial charge is 0.171 e. The Morgan fingerprint density at radius 1 is 1.04 bits per heavy atom. The van der Waals surface area contributed by atoms with E-state index in [2.05, 4.69) is 53.3 Å². The minimum Gasteiger partial charge on any atom is -0.351 e. The van der Waals surface area contributed by atoms with Crippen LogP contribution in [0, 0.1) is 12.7 Å². The van der Waals surface area contributed by atoms with Crippen molar-refractivity contribution < 1.29 is 4.39 Å². The summed E-state index contributed by atoms with van der Waals surface area (Å²) < 4.78 is 13.0. The first-order chi connectivity index (χ1) is 11.6. The molecule has 1 atom stereocenters. The van der Waals surface area contributed by atoms with E-state index in [1.54, 1.807) is 23.5 Å². The van der Waals surface area contributed by atoms with Gasteiger partial charge in [-0.05, 0) is 60.4 Å². The number of anilines is 1. The molecule has 0 aliphatic carbocycles. The molecule has 0 aliphatic rings. The van der Waals surface area contributed by atoms with Gasteiger partial charge in [0.2, 0.25) is 0 Å². The number of thiophene rings is 1. The standard InChI is InChI=1S/C19H17FN2S2/c1-13-4-6-14(7-5-13)18(17-3-2-12-24-17)22-19(23)21-16-10-8-15(20)9-11-16/h2-12,18H,1H3,(H2,21,22,23)/t18-/m1/s1. The van der Waals surface area contributed by atoms with Crippen LogP contribution in [0.2, 0.25) is 0 Å². The highest BCUT2D eigenvalue weighted by atomic mass is 32.1. The molecule has 0 unspecified atom stereocenters. The van der Waals surface area contributed by atoms with E-state index in [0.717, 1.165) is 11.3 Å². The van der Waals surface area contributed by atoms with Gasteiger partial charge in [-0.25, -0.2) is 4.39 Å². The quantitative estimate of drug-likeness (QED) is 0.623. The third kappa shape index (κ3) is 4.19. The molecule has 2 nitrogen and oxygen atoms in total. The van der Waals surface area contributed by atoms with Crippen LogP contribution >= 0.6 is 23.6 Å². The molecule has 2 aromatic carbocycles. The maximum atomic E-state index is 13.0. The van der Waals surface area contributed by atoms with Crippen molar-refractivity contribution in [2.45, 2.75) is 13.0 Å². The Kier molecular flexibility index (Phi) is 5.23. The van der Waals surface area contributed by atoms with Crippen molar-refractivity contribution >= 4 is 34.4 Å². The normalized spacial score (nSPS) is 11.8. The van der Waals surface area contributed by atoms with E-state index in [1.165, 1.54) is 22.6 Å². The number of thiocarbonyl (C=S) groups is 1. The summed E-state index contributed by atoms with van der Waals surface area (Å²) in [6.07, 6.45) is 0. The van der Waals surface area contributed by atoms with Gasteiger partial charge in [-0.15, -0.1) is 11.3 Å². The lowest BCUT2D eigenvalue weighted by atomic mass is 10.0. The molecule has 0 saturated heterocycles. The summed E-state index contributed by atoms with van der Waals surface area (Å²) in [5.74, 6) is -0.268. The van der Waals surface area contributed by atoms with Crippen LogP contribution in [-0.2, 0) is 0 Å². The zero-order chi connectivity index (χ0) is 16.9. The maximum absolute atomic E-state index is 13.0. The monoisotopic (exact) mass is 356 g/mol. The first-order valence-corrected chi connectivity index (χ1v) is 8.83. The lowest BCUT2D eigenvalue weighted by Crippen LogP contribution is -2.32. The van der Waals surface area contributed by atoms with Gasteiger partial charge in [-0.1, -0.05) is 35.9 Å². The molecule has 5 heteroatoms. The van der Waals surface area contributed by atoms with Crippen LogP contribution in [0.5, 0.6) is 0 Å². The molecular weight excluding hydrogens is 339 g/mol. The Hall–Kier alpha value is -2.24. The molecule has 0 spiro atoms. The summed E-state index contributed by atoms with van der Waals surface area (Å²) in [7, 11) is 0. The second-order valence-electron chi connectivity index (χ2n) is 5.46. The third-order valence-electron chi connectivity index (χ3n) is 3.62. The highest BCUT2D eigenvalue weighted by Gasteiger charge is 2.16. The van der Waals surface area contributed by atoms with Gasteiger partial charge in [-0.2, -0.15) is 0 Å². The molecule has 3 aromatic rings. The minimum absolute atomic E-state index is 0.0222. The van der Waals surface area contributed by atoms with E-state index < -0.39 is 0 Å². The molecular formula is C19H17FN2S2. The predicted molar refractivity (Wildman–Crippen MR) is 103 cm³/mol. The first kappa shape index (κ1) is 16.6. The lowest BCUT2D eigenvalue weighted by Gasteiger charge is -2.20. The lowest BCUT2D eigenvalue weighted by molar-refractivity contribution is 0.628. The summed E-state index contributed by atoms with van der Waals surface area (Å²) >= 11 is 7.11. The molecule has 0 amide bonds. The topological polar surface area (TPSA) is 24.1 Å². The highest BCUT2D eigenvalue weighted by molar-refractivity contribution is 7.80. The Morgan fingerprint density at radius 2 is 1.75 bits per heavy atom. The van der Waals surface area contributed by atoms with Gasteiger partial charge in [0.1, 0.15) is 5.82 Å². The van der Waals surface area contributed by atoms with Crippen molar-refractivity contribution in [2.24, 2.45) is 0 Å². The Labute approximate surface area is 150 Å². The molecule has 0 saturated carbocycles. The predicted octanol–water partition coefficient (Wildman–Crippen LogP) is 5.27. The number of rotatable bonds is 4. The van der Waals surface area contributed by atoms with E-state index in [9.17, 15) is 4.39 Å². The van der Waals surface area contributed by atoms with Crippen molar-refractivity contribution in [3.05, 3.63) is 87.9 Å². The van der Waals surface area contributed by atoms with Crippen molar-refractivity contribution in [1.29, 1.82) is 0 Å². The summed E-state index contributed by atoms with van der Waals surface area (Å²) in [5.41, 5.74) is 3.12. The zero-order valence-electron chi connectivity index (χ0n) is 13.1. The van der Waals surface area contributed by atoms with Crippen molar-refractivity contribution in [3.8, 4) is 0 Å². The average molecular weight is 356 g/mol. The van der Waals surface area contributed by atoms with Crippen LogP contribution in [0.15, 0.2) is 66.0 Å². The fraction of sp³-hybridized carbons (Fsp3) is 0.105. The van der Waals surface area contributed by atoms with Crippen molar-refractivity contribution in [2.75, 3.05) is 5.32 Å². The van der Waals surface area contributed by atoms with Crippen LogP contribution in [0.1, 0.15) is 22.0 Å². The highest BCUT2D eigenvalue weighted by Crippen LogP contribution is 2.26. The summed E-state index contributed by atoms with van der Waals surface area (Å²) in [4.78, 5) is 1.18. The number of nitrogens with one attached hydrogen (secondary N) is 2. The number of benzene rings is 2. The molecule has 2 N–H and O–H groups in total. The van der Waals surface area contributed by atoms with Gasteiger partial charge in [-0.3, -0.25) is 0 Å². The number of hydrogen-bond donors (Lipinski definition) is 2. The van der Waals surface area contributed by atoms with Crippen molar-refractivity contribution in [1.82, 2.24) is 5.32 Å². The fourth-order valence-corrected chi connectivity index (χ4v) is 3.40. The molecule has 0 aliphatic heterocycles. The minimum atomic E-state index is -0.268. The molecule has 3 rings (SSSR count). The molecule has 24 heavy (non-hydrogen) atoms. The van der Waals surface area contributed by atoms with Gasteiger partial charge in [0.15, 0.2) is 5.11 Å². The maximum Gasteiger partial charge on any atom is 0.171 e. The molecule has 0 fully saturated rings. The van der Waals surface area contributed by atoms with Crippen LogP contribution in [0.25, 0.3) is 0 Å². The van der Waals surface area contributed by atoms with E-state index in [4.69, 9.17) is 12.2 Å². The number of aryl methyl sites for hydroxylation is 1. The molecule has 1 aromatic heterocycles. The van der Waals surface area contributed by atoms with Crippen LogP contribution in [-0.4, -0.2) is 5.11 Å². The van der Waals surface area contributed by atoms with E-state index in [1.807, 2.05) is 6.07 Å². The van der Waals surface area contributed by atoms with Gasteiger partial charge in [0, 0.05) is 10.6 Å². The molecule has 1 heterocycles. The number of hydrogen-bond acceptors (Lipinski definition) is 2. The molecule has 122 valence electrons. The average Bonchev–Trinajstić information content (AvgIpc) is 3.10. The van der Waals surface area contributed by atoms with E-state index in [-0.39, 0.29) is 11.9 Å². The Morgan fingerprint density at radius 3 is 2.38 bits per heavy atom. The van der Waals surface area contributed by atoms with Crippen LogP contribution < -0.4 is 10.6 Å². The SMILES string of the molecule is Cc1ccc([C@@H](NC(=S)Nc2ccc(F)cc2)c2cccs2)cc1. The van der Waals surface area contributed by atoms with Gasteiger partial charge < -0.3 is 10.6 Å².